The molecule has 0 atom stereocenters. The molecule has 0 aliphatic heterocycles. The van der Waals surface area contributed by atoms with Crippen molar-refractivity contribution in [1.29, 1.82) is 0 Å². The van der Waals surface area contributed by atoms with Gasteiger partial charge in [0, 0.05) is 43.7 Å². The summed E-state index contributed by atoms with van der Waals surface area (Å²) in [6.45, 7) is 0. The predicted octanol–water partition coefficient (Wildman–Crippen LogP) is 17.5. The zero-order chi connectivity index (χ0) is 42.1. The molecule has 0 N–H and O–H groups in total. The van der Waals surface area contributed by atoms with Crippen LogP contribution >= 0.6 is 0 Å². The summed E-state index contributed by atoms with van der Waals surface area (Å²) >= 11 is 0. The molecule has 0 saturated heterocycles. The predicted molar refractivity (Wildman–Crippen MR) is 265 cm³/mol. The van der Waals surface area contributed by atoms with Gasteiger partial charge in [-0.15, -0.1) is 0 Å². The number of benzene rings is 10. The van der Waals surface area contributed by atoms with Gasteiger partial charge in [0.2, 0.25) is 0 Å². The van der Waals surface area contributed by atoms with E-state index < -0.39 is 0 Å². The minimum Gasteiger partial charge on any atom is -0.456 e. The first kappa shape index (κ1) is 36.1. The highest BCUT2D eigenvalue weighted by Crippen LogP contribution is 2.49. The van der Waals surface area contributed by atoms with Gasteiger partial charge in [-0.05, 0) is 106 Å². The minimum absolute atomic E-state index is 0.829. The summed E-state index contributed by atoms with van der Waals surface area (Å²) in [5, 5.41) is 6.55. The standard InChI is InChI=1S/C60H37NO3/c1-2-14-39(15-3-1)44-17-6-10-22-52(44)61(42-30-26-38(27-31-42)40-29-35-57-51(36-40)47-20-8-12-24-55(47)62-57)53-34-33-49(60-59(53)50-21-9-13-25-56(50)64-60)45-18-5-4-16-43(45)41-28-32-48-46-19-7-11-23-54(46)63-58(48)37-41/h1-37H. The molecule has 3 aromatic heterocycles. The fourth-order valence-electron chi connectivity index (χ4n) is 9.72. The molecular weight excluding hydrogens is 783 g/mol. The summed E-state index contributed by atoms with van der Waals surface area (Å²) in [4.78, 5) is 2.40. The molecule has 300 valence electrons. The van der Waals surface area contributed by atoms with Crippen molar-refractivity contribution in [1.82, 2.24) is 0 Å². The topological polar surface area (TPSA) is 42.7 Å². The number of rotatable bonds is 7. The summed E-state index contributed by atoms with van der Waals surface area (Å²) in [5.41, 5.74) is 17.1. The van der Waals surface area contributed by atoms with Crippen LogP contribution in [0.15, 0.2) is 238 Å². The van der Waals surface area contributed by atoms with E-state index in [0.29, 0.717) is 0 Å². The highest BCUT2D eigenvalue weighted by Gasteiger charge is 2.25. The van der Waals surface area contributed by atoms with Gasteiger partial charge in [0.1, 0.15) is 33.5 Å². The lowest BCUT2D eigenvalue weighted by molar-refractivity contribution is 0.668. The Bertz CT molecular complexity index is 3910. The van der Waals surface area contributed by atoms with Gasteiger partial charge in [-0.1, -0.05) is 152 Å². The Hall–Kier alpha value is -8.60. The lowest BCUT2D eigenvalue weighted by Crippen LogP contribution is -2.11. The highest BCUT2D eigenvalue weighted by atomic mass is 16.3. The normalized spacial score (nSPS) is 11.8. The van der Waals surface area contributed by atoms with Crippen LogP contribution in [0, 0.1) is 0 Å². The molecule has 0 aliphatic carbocycles. The van der Waals surface area contributed by atoms with Crippen molar-refractivity contribution >= 4 is 82.9 Å². The Morgan fingerprint density at radius 3 is 1.61 bits per heavy atom. The number of hydrogen-bond acceptors (Lipinski definition) is 4. The first-order valence-corrected chi connectivity index (χ1v) is 21.7. The van der Waals surface area contributed by atoms with Gasteiger partial charge in [-0.25, -0.2) is 0 Å². The molecule has 0 saturated carbocycles. The minimum atomic E-state index is 0.829. The summed E-state index contributed by atoms with van der Waals surface area (Å²) < 4.78 is 19.5. The zero-order valence-corrected chi connectivity index (χ0v) is 34.5. The third-order valence-corrected chi connectivity index (χ3v) is 12.7. The number of nitrogens with zero attached hydrogens (tertiary/aromatic N) is 1. The molecule has 3 heterocycles. The van der Waals surface area contributed by atoms with Crippen LogP contribution in [0.5, 0.6) is 0 Å². The third-order valence-electron chi connectivity index (χ3n) is 12.7. The molecule has 4 heteroatoms. The first-order chi connectivity index (χ1) is 31.7. The maximum absolute atomic E-state index is 7.00. The molecule has 0 aliphatic rings. The van der Waals surface area contributed by atoms with Gasteiger partial charge in [0.25, 0.3) is 0 Å². The molecule has 0 fully saturated rings. The Kier molecular flexibility index (Phi) is 8.18. The second kappa shape index (κ2) is 14.5. The molecule has 0 radical (unpaired) electrons. The highest BCUT2D eigenvalue weighted by molar-refractivity contribution is 6.18. The number of hydrogen-bond donors (Lipinski definition) is 0. The quantitative estimate of drug-likeness (QED) is 0.161. The number of furan rings is 3. The Balaban J connectivity index is 1.01. The van der Waals surface area contributed by atoms with Crippen molar-refractivity contribution in [2.24, 2.45) is 0 Å². The molecule has 0 spiro atoms. The summed E-state index contributed by atoms with van der Waals surface area (Å²) in [6, 6.07) is 79.2. The first-order valence-electron chi connectivity index (χ1n) is 21.7. The van der Waals surface area contributed by atoms with Gasteiger partial charge in [-0.2, -0.15) is 0 Å². The van der Waals surface area contributed by atoms with E-state index in [1.54, 1.807) is 0 Å². The molecule has 10 aromatic carbocycles. The van der Waals surface area contributed by atoms with E-state index in [2.05, 4.69) is 199 Å². The second-order valence-electron chi connectivity index (χ2n) is 16.4. The molecule has 4 nitrogen and oxygen atoms in total. The van der Waals surface area contributed by atoms with Gasteiger partial charge in [-0.3, -0.25) is 0 Å². The average molecular weight is 820 g/mol. The number of fused-ring (bicyclic) bond motifs is 9. The van der Waals surface area contributed by atoms with E-state index in [4.69, 9.17) is 13.3 Å². The largest absolute Gasteiger partial charge is 0.456 e. The zero-order valence-electron chi connectivity index (χ0n) is 34.5. The maximum atomic E-state index is 7.00. The van der Waals surface area contributed by atoms with E-state index in [1.165, 1.54) is 0 Å². The molecule has 0 unspecified atom stereocenters. The van der Waals surface area contributed by atoms with Crippen LogP contribution in [0.4, 0.5) is 17.1 Å². The van der Waals surface area contributed by atoms with Gasteiger partial charge < -0.3 is 18.2 Å². The van der Waals surface area contributed by atoms with Gasteiger partial charge >= 0.3 is 0 Å². The summed E-state index contributed by atoms with van der Waals surface area (Å²) in [6.07, 6.45) is 0. The van der Waals surface area contributed by atoms with Crippen LogP contribution in [-0.4, -0.2) is 0 Å². The van der Waals surface area contributed by atoms with Gasteiger partial charge in [0.15, 0.2) is 0 Å². The van der Waals surface area contributed by atoms with E-state index in [0.717, 1.165) is 127 Å². The molecule has 64 heavy (non-hydrogen) atoms. The Morgan fingerprint density at radius 1 is 0.266 bits per heavy atom. The van der Waals surface area contributed by atoms with Crippen molar-refractivity contribution in [3.8, 4) is 44.5 Å². The Labute approximate surface area is 368 Å². The number of para-hydroxylation sites is 4. The maximum Gasteiger partial charge on any atom is 0.145 e. The summed E-state index contributed by atoms with van der Waals surface area (Å²) in [7, 11) is 0. The van der Waals surface area contributed by atoms with E-state index >= 15 is 0 Å². The smallest absolute Gasteiger partial charge is 0.145 e. The molecule has 0 amide bonds. The fourth-order valence-corrected chi connectivity index (χ4v) is 9.72. The van der Waals surface area contributed by atoms with Crippen molar-refractivity contribution in [2.75, 3.05) is 4.90 Å². The van der Waals surface area contributed by atoms with Crippen molar-refractivity contribution in [2.45, 2.75) is 0 Å². The van der Waals surface area contributed by atoms with Crippen LogP contribution in [0.3, 0.4) is 0 Å². The van der Waals surface area contributed by atoms with Crippen LogP contribution in [0.1, 0.15) is 0 Å². The monoisotopic (exact) mass is 819 g/mol. The van der Waals surface area contributed by atoms with Crippen LogP contribution < -0.4 is 4.90 Å². The molecular formula is C60H37NO3. The molecule has 13 aromatic rings. The molecule has 0 bridgehead atoms. The van der Waals surface area contributed by atoms with Crippen LogP contribution in [0.25, 0.3) is 110 Å². The van der Waals surface area contributed by atoms with E-state index in [-0.39, 0.29) is 0 Å². The molecule has 13 rings (SSSR count). The SMILES string of the molecule is c1ccc(-c2ccccc2N(c2ccc(-c3ccc4oc5ccccc5c4c3)cc2)c2ccc(-c3ccccc3-c3ccc4c(c3)oc3ccccc34)c3oc4ccccc4c23)cc1. The Morgan fingerprint density at radius 2 is 0.828 bits per heavy atom. The van der Waals surface area contributed by atoms with Crippen molar-refractivity contribution in [3.05, 3.63) is 224 Å². The van der Waals surface area contributed by atoms with Crippen LogP contribution in [0.2, 0.25) is 0 Å². The third kappa shape index (κ3) is 5.77. The lowest BCUT2D eigenvalue weighted by atomic mass is 9.92. The van der Waals surface area contributed by atoms with Gasteiger partial charge in [0.05, 0.1) is 16.8 Å². The van der Waals surface area contributed by atoms with E-state index in [1.807, 2.05) is 30.3 Å². The number of anilines is 3. The van der Waals surface area contributed by atoms with Crippen molar-refractivity contribution in [3.63, 3.8) is 0 Å². The summed E-state index contributed by atoms with van der Waals surface area (Å²) in [5.74, 6) is 0. The van der Waals surface area contributed by atoms with Crippen LogP contribution in [-0.2, 0) is 0 Å². The second-order valence-corrected chi connectivity index (χ2v) is 16.4. The fraction of sp³-hybridized carbons (Fsp3) is 0. The lowest BCUT2D eigenvalue weighted by Gasteiger charge is -2.29. The average Bonchev–Trinajstić information content (AvgIpc) is 4.06. The van der Waals surface area contributed by atoms with Crippen molar-refractivity contribution < 1.29 is 13.3 Å². The van der Waals surface area contributed by atoms with E-state index in [9.17, 15) is 0 Å².